The minimum absolute atomic E-state index is 0.126. The molecule has 1 aliphatic heterocycles. The number of hydrogen-bond donors (Lipinski definition) is 4. The number of carbonyl (C=O) groups is 2. The Bertz CT molecular complexity index is 1110. The molecule has 12 heteroatoms. The average molecular weight is 528 g/mol. The van der Waals surface area contributed by atoms with E-state index in [4.69, 9.17) is 11.6 Å². The number of amides is 2. The number of anilines is 2. The van der Waals surface area contributed by atoms with Crippen LogP contribution in [0.25, 0.3) is 0 Å². The Balaban J connectivity index is 1.97. The molecule has 0 spiro atoms. The smallest absolute Gasteiger partial charge is 0.372 e. The number of pyridine rings is 1. The van der Waals surface area contributed by atoms with Crippen LogP contribution in [0.2, 0.25) is 5.02 Å². The number of benzene rings is 1. The molecule has 1 aliphatic rings. The van der Waals surface area contributed by atoms with Crippen LogP contribution in [-0.2, 0) is 22.2 Å². The van der Waals surface area contributed by atoms with Crippen molar-refractivity contribution in [3.05, 3.63) is 52.7 Å². The van der Waals surface area contributed by atoms with Crippen LogP contribution < -0.4 is 20.9 Å². The Morgan fingerprint density at radius 2 is 1.89 bits per heavy atom. The first-order valence-corrected chi connectivity index (χ1v) is 11.8. The Morgan fingerprint density at radius 1 is 1.19 bits per heavy atom. The number of rotatable bonds is 8. The van der Waals surface area contributed by atoms with Crippen LogP contribution in [0.4, 0.5) is 24.7 Å². The standard InChI is InChI=1S/C24H29ClF3N5O3/c1-12(2)18(31-21(34)13(3)29-4)23(36)33-17(11-14-7-6-10-30-20(14)33)22(35)32-19-15(24(26,27)28)8-5-9-16(19)25/h5-10,12-13,17-18,22,29,32,35H,11H2,1-4H3,(H,31,34)/t13-,17-,18-,22?/m0/s1. The maximum absolute atomic E-state index is 13.8. The molecule has 1 aromatic carbocycles. The summed E-state index contributed by atoms with van der Waals surface area (Å²) in [5.74, 6) is -0.999. The molecule has 0 radical (unpaired) electrons. The van der Waals surface area contributed by atoms with Crippen molar-refractivity contribution in [1.82, 2.24) is 15.6 Å². The number of aromatic nitrogens is 1. The van der Waals surface area contributed by atoms with Crippen LogP contribution in [-0.4, -0.2) is 53.3 Å². The molecule has 8 nitrogen and oxygen atoms in total. The molecular formula is C24H29ClF3N5O3. The molecule has 0 aliphatic carbocycles. The number of halogens is 4. The second kappa shape index (κ2) is 11.0. The predicted octanol–water partition coefficient (Wildman–Crippen LogP) is 3.19. The number of alkyl halides is 3. The van der Waals surface area contributed by atoms with E-state index < -0.39 is 53.6 Å². The summed E-state index contributed by atoms with van der Waals surface area (Å²) >= 11 is 6.05. The number of aliphatic hydroxyl groups is 1. The molecule has 4 atom stereocenters. The van der Waals surface area contributed by atoms with Crippen LogP contribution >= 0.6 is 11.6 Å². The summed E-state index contributed by atoms with van der Waals surface area (Å²) in [6, 6.07) is 4.12. The molecule has 4 N–H and O–H groups in total. The third-order valence-electron chi connectivity index (χ3n) is 6.13. The van der Waals surface area contributed by atoms with Crippen molar-refractivity contribution in [1.29, 1.82) is 0 Å². The number of nitrogens with one attached hydrogen (secondary N) is 3. The number of likely N-dealkylation sites (N-methyl/N-ethyl adjacent to an activating group) is 1. The molecule has 0 fully saturated rings. The third kappa shape index (κ3) is 5.74. The zero-order valence-electron chi connectivity index (χ0n) is 20.2. The van der Waals surface area contributed by atoms with Gasteiger partial charge in [-0.15, -0.1) is 0 Å². The Labute approximate surface area is 212 Å². The van der Waals surface area contributed by atoms with Gasteiger partial charge in [-0.05, 0) is 43.7 Å². The van der Waals surface area contributed by atoms with Crippen LogP contribution in [0, 0.1) is 5.92 Å². The molecule has 0 saturated carbocycles. The number of fused-ring (bicyclic) bond motifs is 1. The summed E-state index contributed by atoms with van der Waals surface area (Å²) in [4.78, 5) is 31.8. The van der Waals surface area contributed by atoms with E-state index in [1.54, 1.807) is 40.0 Å². The van der Waals surface area contributed by atoms with Crippen LogP contribution in [0.5, 0.6) is 0 Å². The van der Waals surface area contributed by atoms with E-state index >= 15 is 0 Å². The monoisotopic (exact) mass is 527 g/mol. The van der Waals surface area contributed by atoms with Gasteiger partial charge in [0, 0.05) is 12.6 Å². The molecule has 0 bridgehead atoms. The van der Waals surface area contributed by atoms with Crippen molar-refractivity contribution in [2.45, 2.75) is 57.7 Å². The van der Waals surface area contributed by atoms with E-state index in [1.807, 2.05) is 0 Å². The summed E-state index contributed by atoms with van der Waals surface area (Å²) in [6.07, 6.45) is -4.76. The molecule has 2 heterocycles. The average Bonchev–Trinajstić information content (AvgIpc) is 3.21. The first-order chi connectivity index (χ1) is 16.9. The maximum atomic E-state index is 13.8. The van der Waals surface area contributed by atoms with E-state index in [0.717, 1.165) is 12.1 Å². The van der Waals surface area contributed by atoms with Gasteiger partial charge in [-0.2, -0.15) is 13.2 Å². The first-order valence-electron chi connectivity index (χ1n) is 11.4. The van der Waals surface area contributed by atoms with E-state index in [2.05, 4.69) is 20.9 Å². The van der Waals surface area contributed by atoms with Crippen molar-refractivity contribution < 1.29 is 27.9 Å². The summed E-state index contributed by atoms with van der Waals surface area (Å²) < 4.78 is 40.8. The highest BCUT2D eigenvalue weighted by molar-refractivity contribution is 6.33. The highest BCUT2D eigenvalue weighted by Crippen LogP contribution is 2.40. The normalized spacial score (nSPS) is 17.9. The molecule has 2 amide bonds. The molecule has 2 aromatic rings. The Hall–Kier alpha value is -2.89. The van der Waals surface area contributed by atoms with E-state index in [1.165, 1.54) is 17.2 Å². The number of nitrogens with zero attached hydrogens (tertiary/aromatic N) is 2. The summed E-state index contributed by atoms with van der Waals surface area (Å²) in [7, 11) is 1.61. The lowest BCUT2D eigenvalue weighted by Crippen LogP contribution is -2.58. The van der Waals surface area contributed by atoms with Crippen molar-refractivity contribution in [3.8, 4) is 0 Å². The summed E-state index contributed by atoms with van der Waals surface area (Å²) in [6.45, 7) is 5.15. The molecule has 1 unspecified atom stereocenters. The number of aliphatic hydroxyl groups excluding tert-OH is 1. The van der Waals surface area contributed by atoms with Gasteiger partial charge in [0.2, 0.25) is 5.91 Å². The van der Waals surface area contributed by atoms with E-state index in [-0.39, 0.29) is 23.2 Å². The lowest BCUT2D eigenvalue weighted by atomic mass is 10.0. The highest BCUT2D eigenvalue weighted by atomic mass is 35.5. The fraction of sp³-hybridized carbons (Fsp3) is 0.458. The minimum atomic E-state index is -4.72. The topological polar surface area (TPSA) is 107 Å². The molecule has 36 heavy (non-hydrogen) atoms. The second-order valence-electron chi connectivity index (χ2n) is 8.96. The summed E-state index contributed by atoms with van der Waals surface area (Å²) in [5.41, 5.74) is -0.912. The lowest BCUT2D eigenvalue weighted by molar-refractivity contribution is -0.137. The largest absolute Gasteiger partial charge is 0.418 e. The zero-order valence-corrected chi connectivity index (χ0v) is 21.0. The van der Waals surface area contributed by atoms with Gasteiger partial charge in [-0.3, -0.25) is 14.5 Å². The highest BCUT2D eigenvalue weighted by Gasteiger charge is 2.44. The third-order valence-corrected chi connectivity index (χ3v) is 6.44. The fourth-order valence-corrected chi connectivity index (χ4v) is 4.25. The fourth-order valence-electron chi connectivity index (χ4n) is 4.02. The SMILES string of the molecule is CN[C@@H](C)C(=O)N[C@H](C(=O)N1c2ncccc2C[C@H]1C(O)Nc1c(Cl)cccc1C(F)(F)F)C(C)C. The van der Waals surface area contributed by atoms with Crippen molar-refractivity contribution in [2.24, 2.45) is 5.92 Å². The van der Waals surface area contributed by atoms with Gasteiger partial charge in [0.1, 0.15) is 18.1 Å². The van der Waals surface area contributed by atoms with E-state index in [0.29, 0.717) is 5.56 Å². The van der Waals surface area contributed by atoms with Crippen molar-refractivity contribution >= 4 is 34.9 Å². The molecule has 196 valence electrons. The van der Waals surface area contributed by atoms with Gasteiger partial charge in [0.05, 0.1) is 28.4 Å². The number of hydrogen-bond acceptors (Lipinski definition) is 6. The maximum Gasteiger partial charge on any atom is 0.418 e. The van der Waals surface area contributed by atoms with E-state index in [9.17, 15) is 27.9 Å². The van der Waals surface area contributed by atoms with Crippen LogP contribution in [0.1, 0.15) is 31.9 Å². The molecular weight excluding hydrogens is 499 g/mol. The number of carbonyl (C=O) groups excluding carboxylic acids is 2. The molecule has 3 rings (SSSR count). The minimum Gasteiger partial charge on any atom is -0.372 e. The van der Waals surface area contributed by atoms with Gasteiger partial charge >= 0.3 is 6.18 Å². The van der Waals surface area contributed by atoms with Gasteiger partial charge in [0.15, 0.2) is 0 Å². The van der Waals surface area contributed by atoms with Gasteiger partial charge in [-0.1, -0.05) is 37.6 Å². The van der Waals surface area contributed by atoms with Crippen LogP contribution in [0.3, 0.4) is 0 Å². The number of para-hydroxylation sites is 1. The molecule has 0 saturated heterocycles. The van der Waals surface area contributed by atoms with Gasteiger partial charge in [0.25, 0.3) is 5.91 Å². The van der Waals surface area contributed by atoms with Crippen molar-refractivity contribution in [3.63, 3.8) is 0 Å². The zero-order chi connectivity index (χ0) is 26.8. The Morgan fingerprint density at radius 3 is 2.50 bits per heavy atom. The lowest BCUT2D eigenvalue weighted by Gasteiger charge is -2.34. The first kappa shape index (κ1) is 27.7. The quantitative estimate of drug-likeness (QED) is 0.393. The summed E-state index contributed by atoms with van der Waals surface area (Å²) in [5, 5.41) is 18.9. The van der Waals surface area contributed by atoms with Crippen LogP contribution in [0.15, 0.2) is 36.5 Å². The molecule has 1 aromatic heterocycles. The Kier molecular flexibility index (Phi) is 8.48. The second-order valence-corrected chi connectivity index (χ2v) is 9.36. The van der Waals surface area contributed by atoms with Crippen molar-refractivity contribution in [2.75, 3.05) is 17.3 Å². The van der Waals surface area contributed by atoms with Gasteiger partial charge in [-0.25, -0.2) is 4.98 Å². The predicted molar refractivity (Wildman–Crippen MR) is 131 cm³/mol. The van der Waals surface area contributed by atoms with Gasteiger partial charge < -0.3 is 21.1 Å².